The smallest absolute Gasteiger partial charge is 0.227 e. The highest BCUT2D eigenvalue weighted by Crippen LogP contribution is 2.53. The van der Waals surface area contributed by atoms with Gasteiger partial charge in [-0.05, 0) is 72.3 Å². The predicted octanol–water partition coefficient (Wildman–Crippen LogP) is 16.9. The highest BCUT2D eigenvalue weighted by Gasteiger charge is 2.36. The van der Waals surface area contributed by atoms with Crippen molar-refractivity contribution in [2.24, 2.45) is 0 Å². The number of nitriles is 1. The van der Waals surface area contributed by atoms with Gasteiger partial charge in [0, 0.05) is 65.6 Å². The summed E-state index contributed by atoms with van der Waals surface area (Å²) in [6.07, 6.45) is 1.79. The standard InChI is InChI=1S/C66H38N6O/c67-39-50-62(69-51-29-9-1-19-40(51)41-20-2-10-30-52(41)69)64(71-55-33-13-5-23-44(55)45-24-6-14-34-56(45)71)61(48-27-17-37-59-60(48)49-28-18-38-68-66(49)73-59)65(72-57-35-15-7-25-46(57)47-26-8-16-36-58(47)72)63(50)70-53-31-11-3-21-42(53)43-22-4-12-32-54(43)70/h1-38H. The molecule has 0 bridgehead atoms. The first-order valence-electron chi connectivity index (χ1n) is 24.6. The average molecular weight is 931 g/mol. The fraction of sp³-hybridized carbons (Fsp3) is 0. The van der Waals surface area contributed by atoms with Crippen LogP contribution in [0.2, 0.25) is 0 Å². The molecule has 7 nitrogen and oxygen atoms in total. The fourth-order valence-corrected chi connectivity index (χ4v) is 12.5. The molecular formula is C66H38N6O. The first kappa shape index (κ1) is 39.7. The quantitative estimate of drug-likeness (QED) is 0.173. The van der Waals surface area contributed by atoms with Crippen molar-refractivity contribution in [1.29, 1.82) is 5.26 Å². The first-order chi connectivity index (χ1) is 36.3. The third kappa shape index (κ3) is 5.28. The van der Waals surface area contributed by atoms with Crippen LogP contribution in [0, 0.1) is 11.3 Å². The Morgan fingerprint density at radius 3 is 0.986 bits per heavy atom. The second-order valence-corrected chi connectivity index (χ2v) is 18.9. The molecule has 0 aliphatic carbocycles. The Hall–Kier alpha value is -10.2. The Bertz CT molecular complexity index is 4600. The van der Waals surface area contributed by atoms with Gasteiger partial charge in [0.15, 0.2) is 0 Å². The van der Waals surface area contributed by atoms with E-state index < -0.39 is 0 Å². The molecular weight excluding hydrogens is 893 g/mol. The number of hydrogen-bond acceptors (Lipinski definition) is 3. The van der Waals surface area contributed by atoms with Gasteiger partial charge in [0.25, 0.3) is 0 Å². The van der Waals surface area contributed by atoms with Crippen LogP contribution in [0.1, 0.15) is 5.56 Å². The summed E-state index contributed by atoms with van der Waals surface area (Å²) in [6.45, 7) is 0. The van der Waals surface area contributed by atoms with Crippen molar-refractivity contribution in [3.63, 3.8) is 0 Å². The maximum Gasteiger partial charge on any atom is 0.227 e. The third-order valence-corrected chi connectivity index (χ3v) is 15.3. The van der Waals surface area contributed by atoms with Crippen molar-refractivity contribution in [1.82, 2.24) is 23.3 Å². The van der Waals surface area contributed by atoms with Crippen LogP contribution in [-0.4, -0.2) is 23.3 Å². The van der Waals surface area contributed by atoms with Gasteiger partial charge in [-0.25, -0.2) is 4.98 Å². The number of para-hydroxylation sites is 8. The zero-order chi connectivity index (χ0) is 47.9. The van der Waals surface area contributed by atoms with E-state index in [-0.39, 0.29) is 0 Å². The van der Waals surface area contributed by atoms with Crippen LogP contribution in [0.15, 0.2) is 235 Å². The number of aromatic nitrogens is 5. The van der Waals surface area contributed by atoms with E-state index in [1.165, 1.54) is 0 Å². The summed E-state index contributed by atoms with van der Waals surface area (Å²) >= 11 is 0. The highest BCUT2D eigenvalue weighted by atomic mass is 16.3. The molecule has 6 aromatic heterocycles. The van der Waals surface area contributed by atoms with E-state index in [4.69, 9.17) is 9.40 Å². The summed E-state index contributed by atoms with van der Waals surface area (Å²) in [6, 6.07) is 82.7. The molecule has 0 saturated carbocycles. The fourth-order valence-electron chi connectivity index (χ4n) is 12.5. The molecule has 0 fully saturated rings. The van der Waals surface area contributed by atoms with Gasteiger partial charge >= 0.3 is 0 Å². The topological polar surface area (TPSA) is 69.5 Å². The Balaban J connectivity index is 1.30. The highest BCUT2D eigenvalue weighted by molar-refractivity contribution is 6.20. The lowest BCUT2D eigenvalue weighted by Gasteiger charge is -2.29. The number of fused-ring (bicyclic) bond motifs is 15. The lowest BCUT2D eigenvalue weighted by atomic mass is 9.91. The van der Waals surface area contributed by atoms with E-state index >= 15 is 0 Å². The summed E-state index contributed by atoms with van der Waals surface area (Å²) in [4.78, 5) is 4.81. The van der Waals surface area contributed by atoms with Crippen LogP contribution >= 0.6 is 0 Å². The van der Waals surface area contributed by atoms with Crippen molar-refractivity contribution < 1.29 is 4.42 Å². The van der Waals surface area contributed by atoms with Gasteiger partial charge in [-0.2, -0.15) is 5.26 Å². The molecule has 10 aromatic carbocycles. The molecule has 0 N–H and O–H groups in total. The molecule has 0 amide bonds. The lowest BCUT2D eigenvalue weighted by Crippen LogP contribution is -2.16. The summed E-state index contributed by atoms with van der Waals surface area (Å²) in [7, 11) is 0. The van der Waals surface area contributed by atoms with Crippen LogP contribution in [0.5, 0.6) is 0 Å². The van der Waals surface area contributed by atoms with E-state index in [0.717, 1.165) is 132 Å². The first-order valence-corrected chi connectivity index (χ1v) is 24.6. The SMILES string of the molecule is N#Cc1c(-n2c3ccccc3c3ccccc32)c(-n2c3ccccc3c3ccccc32)c(-c2cccc3oc4ncccc4c23)c(-n2c3ccccc3c3ccccc32)c1-n1c2ccccc2c2ccccc21. The minimum absolute atomic E-state index is 0.515. The number of furan rings is 1. The second kappa shape index (κ2) is 14.9. The molecule has 16 rings (SSSR count). The average Bonchev–Trinajstić information content (AvgIpc) is 4.25. The van der Waals surface area contributed by atoms with Crippen molar-refractivity contribution in [3.8, 4) is 39.9 Å². The Labute approximate surface area is 416 Å². The van der Waals surface area contributed by atoms with E-state index in [2.05, 4.69) is 237 Å². The molecule has 16 aromatic rings. The zero-order valence-corrected chi connectivity index (χ0v) is 39.0. The van der Waals surface area contributed by atoms with E-state index in [1.807, 2.05) is 12.1 Å². The van der Waals surface area contributed by atoms with Gasteiger partial charge in [0.1, 0.15) is 17.2 Å². The monoisotopic (exact) mass is 930 g/mol. The molecule has 0 atom stereocenters. The summed E-state index contributed by atoms with van der Waals surface area (Å²) in [5.41, 5.74) is 14.9. The molecule has 0 saturated heterocycles. The third-order valence-electron chi connectivity index (χ3n) is 15.3. The zero-order valence-electron chi connectivity index (χ0n) is 39.0. The van der Waals surface area contributed by atoms with Gasteiger partial charge in [-0.15, -0.1) is 0 Å². The summed E-state index contributed by atoms with van der Waals surface area (Å²) in [5, 5.41) is 23.4. The number of pyridine rings is 1. The predicted molar refractivity (Wildman–Crippen MR) is 299 cm³/mol. The van der Waals surface area contributed by atoms with E-state index in [1.54, 1.807) is 6.20 Å². The maximum atomic E-state index is 12.8. The normalized spacial score (nSPS) is 12.1. The van der Waals surface area contributed by atoms with Crippen molar-refractivity contribution in [2.75, 3.05) is 0 Å². The van der Waals surface area contributed by atoms with Crippen molar-refractivity contribution >= 4 is 109 Å². The van der Waals surface area contributed by atoms with Crippen LogP contribution < -0.4 is 0 Å². The van der Waals surface area contributed by atoms with E-state index in [9.17, 15) is 5.26 Å². The number of benzene rings is 10. The minimum atomic E-state index is 0.515. The molecule has 0 spiro atoms. The molecule has 338 valence electrons. The molecule has 6 heterocycles. The second-order valence-electron chi connectivity index (χ2n) is 18.9. The van der Waals surface area contributed by atoms with Crippen molar-refractivity contribution in [3.05, 3.63) is 236 Å². The lowest BCUT2D eigenvalue weighted by molar-refractivity contribution is 0.654. The van der Waals surface area contributed by atoms with Gasteiger partial charge in [0.05, 0.1) is 66.9 Å². The summed E-state index contributed by atoms with van der Waals surface area (Å²) in [5.74, 6) is 0. The van der Waals surface area contributed by atoms with Gasteiger partial charge in [-0.1, -0.05) is 158 Å². The van der Waals surface area contributed by atoms with Gasteiger partial charge in [0.2, 0.25) is 5.71 Å². The Kier molecular flexibility index (Phi) is 8.11. The molecule has 0 aliphatic heterocycles. The largest absolute Gasteiger partial charge is 0.438 e. The van der Waals surface area contributed by atoms with Crippen LogP contribution in [0.25, 0.3) is 143 Å². The van der Waals surface area contributed by atoms with Crippen molar-refractivity contribution in [2.45, 2.75) is 0 Å². The Morgan fingerprint density at radius 1 is 0.329 bits per heavy atom. The maximum absolute atomic E-state index is 12.8. The Morgan fingerprint density at radius 2 is 0.644 bits per heavy atom. The summed E-state index contributed by atoms with van der Waals surface area (Å²) < 4.78 is 16.4. The van der Waals surface area contributed by atoms with Crippen LogP contribution in [0.4, 0.5) is 0 Å². The molecule has 7 heteroatoms. The van der Waals surface area contributed by atoms with Gasteiger partial charge < -0.3 is 22.7 Å². The van der Waals surface area contributed by atoms with Crippen LogP contribution in [0.3, 0.4) is 0 Å². The van der Waals surface area contributed by atoms with E-state index in [0.29, 0.717) is 16.9 Å². The number of rotatable bonds is 5. The van der Waals surface area contributed by atoms with Gasteiger partial charge in [-0.3, -0.25) is 0 Å². The molecule has 0 aliphatic rings. The number of hydrogen-bond donors (Lipinski definition) is 0. The minimum Gasteiger partial charge on any atom is -0.438 e. The molecule has 73 heavy (non-hydrogen) atoms. The number of nitrogens with zero attached hydrogens (tertiary/aromatic N) is 6. The van der Waals surface area contributed by atoms with Crippen LogP contribution in [-0.2, 0) is 0 Å². The molecule has 0 unspecified atom stereocenters. The molecule has 0 radical (unpaired) electrons.